The van der Waals surface area contributed by atoms with Crippen molar-refractivity contribution in [2.75, 3.05) is 13.4 Å². The SMILES string of the molecule is COc1nnc(C)c(SC)n1. The van der Waals surface area contributed by atoms with Gasteiger partial charge in [-0.25, -0.2) is 0 Å². The van der Waals surface area contributed by atoms with Gasteiger partial charge in [0.25, 0.3) is 0 Å². The van der Waals surface area contributed by atoms with Crippen LogP contribution in [0.25, 0.3) is 0 Å². The zero-order valence-corrected chi connectivity index (χ0v) is 7.47. The van der Waals surface area contributed by atoms with Crippen LogP contribution in [0.2, 0.25) is 0 Å². The number of methoxy groups -OCH3 is 1. The van der Waals surface area contributed by atoms with Gasteiger partial charge in [-0.3, -0.25) is 0 Å². The Morgan fingerprint density at radius 3 is 2.64 bits per heavy atom. The van der Waals surface area contributed by atoms with Crippen LogP contribution in [0.15, 0.2) is 5.03 Å². The van der Waals surface area contributed by atoms with Crippen LogP contribution in [0.3, 0.4) is 0 Å². The first-order chi connectivity index (χ1) is 5.27. The molecular weight excluding hydrogens is 162 g/mol. The Morgan fingerprint density at radius 1 is 1.36 bits per heavy atom. The molecule has 0 aliphatic carbocycles. The fourth-order valence-electron chi connectivity index (χ4n) is 0.630. The number of hydrogen-bond acceptors (Lipinski definition) is 5. The quantitative estimate of drug-likeness (QED) is 0.619. The number of aryl methyl sites for hydroxylation is 1. The molecule has 5 heteroatoms. The second kappa shape index (κ2) is 3.52. The molecule has 0 N–H and O–H groups in total. The van der Waals surface area contributed by atoms with Crippen molar-refractivity contribution in [2.45, 2.75) is 11.9 Å². The van der Waals surface area contributed by atoms with Crippen LogP contribution in [0, 0.1) is 6.92 Å². The molecule has 0 amide bonds. The number of nitrogens with zero attached hydrogens (tertiary/aromatic N) is 3. The second-order valence-corrected chi connectivity index (χ2v) is 2.69. The lowest BCUT2D eigenvalue weighted by Gasteiger charge is -2.00. The summed E-state index contributed by atoms with van der Waals surface area (Å²) in [5, 5.41) is 8.43. The number of thioether (sulfide) groups is 1. The first-order valence-corrected chi connectivity index (χ1v) is 4.29. The van der Waals surface area contributed by atoms with Crippen LogP contribution in [0.1, 0.15) is 5.69 Å². The molecule has 11 heavy (non-hydrogen) atoms. The van der Waals surface area contributed by atoms with E-state index in [9.17, 15) is 0 Å². The van der Waals surface area contributed by atoms with Gasteiger partial charge in [-0.2, -0.15) is 4.98 Å². The van der Waals surface area contributed by atoms with Crippen molar-refractivity contribution in [2.24, 2.45) is 0 Å². The van der Waals surface area contributed by atoms with Gasteiger partial charge in [0.1, 0.15) is 5.03 Å². The largest absolute Gasteiger partial charge is 0.466 e. The number of hydrogen-bond donors (Lipinski definition) is 0. The Bertz CT molecular complexity index is 254. The molecular formula is C6H9N3OS. The summed E-state index contributed by atoms with van der Waals surface area (Å²) in [6.07, 6.45) is 1.94. The normalized spacial score (nSPS) is 9.73. The molecule has 0 radical (unpaired) electrons. The van der Waals surface area contributed by atoms with Crippen molar-refractivity contribution < 1.29 is 4.74 Å². The average molecular weight is 171 g/mol. The molecule has 1 rings (SSSR count). The fourth-order valence-corrected chi connectivity index (χ4v) is 1.14. The molecule has 0 saturated carbocycles. The molecule has 0 aliphatic rings. The van der Waals surface area contributed by atoms with Crippen LogP contribution < -0.4 is 4.74 Å². The highest BCUT2D eigenvalue weighted by atomic mass is 32.2. The minimum absolute atomic E-state index is 0.319. The summed E-state index contributed by atoms with van der Waals surface area (Å²) in [4.78, 5) is 4.08. The van der Waals surface area contributed by atoms with Gasteiger partial charge in [-0.1, -0.05) is 5.10 Å². The molecule has 0 bridgehead atoms. The van der Waals surface area contributed by atoms with Crippen molar-refractivity contribution in [1.29, 1.82) is 0 Å². The fraction of sp³-hybridized carbons (Fsp3) is 0.500. The van der Waals surface area contributed by atoms with E-state index in [2.05, 4.69) is 15.2 Å². The van der Waals surface area contributed by atoms with Crippen molar-refractivity contribution in [3.8, 4) is 6.01 Å². The minimum Gasteiger partial charge on any atom is -0.466 e. The molecule has 0 aromatic carbocycles. The third kappa shape index (κ3) is 1.80. The van der Waals surface area contributed by atoms with E-state index in [0.29, 0.717) is 6.01 Å². The Morgan fingerprint density at radius 2 is 2.09 bits per heavy atom. The van der Waals surface area contributed by atoms with Crippen LogP contribution in [-0.2, 0) is 0 Å². The van der Waals surface area contributed by atoms with E-state index in [-0.39, 0.29) is 0 Å². The highest BCUT2D eigenvalue weighted by molar-refractivity contribution is 7.98. The zero-order chi connectivity index (χ0) is 8.27. The monoisotopic (exact) mass is 171 g/mol. The average Bonchev–Trinajstić information content (AvgIpc) is 2.05. The molecule has 0 fully saturated rings. The van der Waals surface area contributed by atoms with Gasteiger partial charge in [0, 0.05) is 0 Å². The van der Waals surface area contributed by atoms with Gasteiger partial charge >= 0.3 is 6.01 Å². The standard InChI is InChI=1S/C6H9N3OS/c1-4-5(11-3)7-6(10-2)9-8-4/h1-3H3. The van der Waals surface area contributed by atoms with Gasteiger partial charge < -0.3 is 4.74 Å². The van der Waals surface area contributed by atoms with Crippen LogP contribution in [0.4, 0.5) is 0 Å². The van der Waals surface area contributed by atoms with Crippen molar-refractivity contribution >= 4 is 11.8 Å². The molecule has 4 nitrogen and oxygen atoms in total. The molecule has 0 spiro atoms. The summed E-state index contributed by atoms with van der Waals surface area (Å²) in [5.74, 6) is 0. The molecule has 1 aromatic heterocycles. The maximum absolute atomic E-state index is 4.81. The lowest BCUT2D eigenvalue weighted by molar-refractivity contribution is 0.367. The predicted octanol–water partition coefficient (Wildman–Crippen LogP) is 0.911. The van der Waals surface area contributed by atoms with Crippen molar-refractivity contribution in [1.82, 2.24) is 15.2 Å². The first kappa shape index (κ1) is 8.26. The molecule has 0 atom stereocenters. The zero-order valence-electron chi connectivity index (χ0n) is 6.66. The number of rotatable bonds is 2. The van der Waals surface area contributed by atoms with Crippen LogP contribution >= 0.6 is 11.8 Å². The lowest BCUT2D eigenvalue weighted by atomic mass is 10.5. The first-order valence-electron chi connectivity index (χ1n) is 3.07. The van der Waals surface area contributed by atoms with E-state index in [1.807, 2.05) is 13.2 Å². The highest BCUT2D eigenvalue weighted by Gasteiger charge is 2.02. The Balaban J connectivity index is 3.02. The molecule has 0 saturated heterocycles. The van der Waals surface area contributed by atoms with E-state index >= 15 is 0 Å². The van der Waals surface area contributed by atoms with Gasteiger partial charge in [0.15, 0.2) is 0 Å². The van der Waals surface area contributed by atoms with Gasteiger partial charge in [0.2, 0.25) is 0 Å². The molecule has 0 aliphatic heterocycles. The maximum Gasteiger partial charge on any atom is 0.336 e. The third-order valence-electron chi connectivity index (χ3n) is 1.17. The third-order valence-corrected chi connectivity index (χ3v) is 1.94. The molecule has 0 unspecified atom stereocenters. The summed E-state index contributed by atoms with van der Waals surface area (Å²) in [5.41, 5.74) is 0.832. The van der Waals surface area contributed by atoms with Gasteiger partial charge in [0.05, 0.1) is 12.8 Å². The molecule has 60 valence electrons. The van der Waals surface area contributed by atoms with Crippen LogP contribution in [0.5, 0.6) is 6.01 Å². The van der Waals surface area contributed by atoms with E-state index in [1.54, 1.807) is 0 Å². The minimum atomic E-state index is 0.319. The summed E-state index contributed by atoms with van der Waals surface area (Å²) in [7, 11) is 1.52. The summed E-state index contributed by atoms with van der Waals surface area (Å²) >= 11 is 1.53. The van der Waals surface area contributed by atoms with E-state index in [0.717, 1.165) is 10.7 Å². The van der Waals surface area contributed by atoms with Crippen molar-refractivity contribution in [3.05, 3.63) is 5.69 Å². The van der Waals surface area contributed by atoms with Gasteiger partial charge in [-0.05, 0) is 13.2 Å². The highest BCUT2D eigenvalue weighted by Crippen LogP contribution is 2.15. The smallest absolute Gasteiger partial charge is 0.336 e. The summed E-state index contributed by atoms with van der Waals surface area (Å²) in [6, 6.07) is 0.319. The summed E-state index contributed by atoms with van der Waals surface area (Å²) < 4.78 is 4.81. The lowest BCUT2D eigenvalue weighted by Crippen LogP contribution is -1.98. The summed E-state index contributed by atoms with van der Waals surface area (Å²) in [6.45, 7) is 1.87. The Labute approximate surface area is 69.4 Å². The maximum atomic E-state index is 4.81. The van der Waals surface area contributed by atoms with E-state index in [1.165, 1.54) is 18.9 Å². The Kier molecular flexibility index (Phi) is 2.64. The van der Waals surface area contributed by atoms with E-state index < -0.39 is 0 Å². The van der Waals surface area contributed by atoms with E-state index in [4.69, 9.17) is 4.74 Å². The molecule has 1 heterocycles. The predicted molar refractivity (Wildman–Crippen MR) is 42.9 cm³/mol. The molecule has 1 aromatic rings. The number of aromatic nitrogens is 3. The topological polar surface area (TPSA) is 47.9 Å². The van der Waals surface area contributed by atoms with Gasteiger partial charge in [-0.15, -0.1) is 16.9 Å². The van der Waals surface area contributed by atoms with Crippen molar-refractivity contribution in [3.63, 3.8) is 0 Å². The van der Waals surface area contributed by atoms with Crippen LogP contribution in [-0.4, -0.2) is 28.5 Å². The number of ether oxygens (including phenoxy) is 1. The second-order valence-electron chi connectivity index (χ2n) is 1.89. The Hall–Kier alpha value is -0.840.